The minimum atomic E-state index is -0.179. The summed E-state index contributed by atoms with van der Waals surface area (Å²) in [6.45, 7) is 1.53. The lowest BCUT2D eigenvalue weighted by molar-refractivity contribution is 0.0569. The van der Waals surface area contributed by atoms with Gasteiger partial charge in [0.2, 0.25) is 0 Å². The Morgan fingerprint density at radius 3 is 2.83 bits per heavy atom. The highest BCUT2D eigenvalue weighted by atomic mass is 35.5. The molecule has 1 amide bonds. The van der Waals surface area contributed by atoms with Crippen LogP contribution in [0.2, 0.25) is 5.02 Å². The summed E-state index contributed by atoms with van der Waals surface area (Å²) in [7, 11) is 1.98. The van der Waals surface area contributed by atoms with Gasteiger partial charge in [0.05, 0.1) is 11.3 Å². The molecule has 0 spiro atoms. The van der Waals surface area contributed by atoms with Crippen molar-refractivity contribution < 1.29 is 4.79 Å². The van der Waals surface area contributed by atoms with Crippen LogP contribution in [-0.2, 0) is 11.8 Å². The molecule has 2 aliphatic rings. The number of aromatic nitrogens is 2. The number of carbonyl (C=O) groups excluding carboxylic acids is 1. The predicted molar refractivity (Wildman–Crippen MR) is 117 cm³/mol. The fourth-order valence-electron chi connectivity index (χ4n) is 4.94. The highest BCUT2D eigenvalue weighted by Gasteiger charge is 2.40. The molecule has 1 aliphatic heterocycles. The molecule has 7 nitrogen and oxygen atoms in total. The highest BCUT2D eigenvalue weighted by molar-refractivity contribution is 6.30. The molecule has 4 N–H and O–H groups in total. The molecule has 1 aliphatic carbocycles. The van der Waals surface area contributed by atoms with Gasteiger partial charge in [-0.2, -0.15) is 0 Å². The number of hydrogen-bond acceptors (Lipinski definition) is 5. The zero-order valence-corrected chi connectivity index (χ0v) is 17.9. The van der Waals surface area contributed by atoms with Crippen molar-refractivity contribution in [3.63, 3.8) is 0 Å². The number of likely N-dealkylation sites (N-methyl/N-ethyl adjacent to an activating group) is 1. The zero-order valence-electron chi connectivity index (χ0n) is 17.1. The van der Waals surface area contributed by atoms with E-state index in [9.17, 15) is 4.79 Å². The van der Waals surface area contributed by atoms with E-state index in [4.69, 9.17) is 22.7 Å². The van der Waals surface area contributed by atoms with Gasteiger partial charge in [-0.15, -0.1) is 0 Å². The molecule has 0 radical (unpaired) electrons. The Hall–Kier alpha value is -2.51. The number of rotatable bonds is 5. The van der Waals surface area contributed by atoms with Crippen molar-refractivity contribution in [2.24, 2.45) is 5.73 Å². The van der Waals surface area contributed by atoms with Crippen LogP contribution in [0.1, 0.15) is 53.1 Å². The van der Waals surface area contributed by atoms with Crippen molar-refractivity contribution in [1.29, 1.82) is 5.41 Å². The Morgan fingerprint density at radius 2 is 2.17 bits per heavy atom. The Bertz CT molecular complexity index is 970. The molecular formula is C22H27ClN6O. The number of amidine groups is 1. The van der Waals surface area contributed by atoms with Crippen LogP contribution in [0.15, 0.2) is 30.5 Å². The average Bonchev–Trinajstić information content (AvgIpc) is 2.75. The third kappa shape index (κ3) is 3.79. The number of fused-ring (bicyclic) bond motifs is 1. The van der Waals surface area contributed by atoms with Gasteiger partial charge in [0.25, 0.3) is 5.91 Å². The summed E-state index contributed by atoms with van der Waals surface area (Å²) < 4.78 is 0. The van der Waals surface area contributed by atoms with Crippen LogP contribution in [0, 0.1) is 5.41 Å². The highest BCUT2D eigenvalue weighted by Crippen LogP contribution is 2.41. The summed E-state index contributed by atoms with van der Waals surface area (Å²) in [5.41, 5.74) is 8.01. The molecule has 0 atom stereocenters. The number of halogens is 1. The molecule has 158 valence electrons. The number of carbonyl (C=O) groups is 1. The second-order valence-electron chi connectivity index (χ2n) is 8.27. The first-order chi connectivity index (χ1) is 14.4. The Kier molecular flexibility index (Phi) is 5.75. The lowest BCUT2D eigenvalue weighted by Gasteiger charge is -2.45. The molecule has 0 bridgehead atoms. The van der Waals surface area contributed by atoms with Crippen molar-refractivity contribution in [3.05, 3.63) is 58.1 Å². The number of nitrogen functional groups attached to an aromatic ring is 1. The maximum Gasteiger partial charge on any atom is 0.257 e. The molecule has 1 saturated carbocycles. The van der Waals surface area contributed by atoms with Gasteiger partial charge in [-0.1, -0.05) is 23.7 Å². The summed E-state index contributed by atoms with van der Waals surface area (Å²) in [4.78, 5) is 23.5. The molecule has 1 aromatic carbocycles. The number of nitrogens with zero attached hydrogens (tertiary/aromatic N) is 3. The van der Waals surface area contributed by atoms with Crippen LogP contribution in [0.4, 0.5) is 0 Å². The van der Waals surface area contributed by atoms with E-state index in [1.807, 2.05) is 24.1 Å². The van der Waals surface area contributed by atoms with Crippen LogP contribution in [-0.4, -0.2) is 52.8 Å². The fourth-order valence-corrected chi connectivity index (χ4v) is 5.13. The third-order valence-corrected chi connectivity index (χ3v) is 6.73. The largest absolute Gasteiger partial charge is 0.381 e. The number of nitrogens with two attached hydrogens (primary N) is 1. The van der Waals surface area contributed by atoms with Crippen LogP contribution in [0.25, 0.3) is 0 Å². The fraction of sp³-hybridized carbons (Fsp3) is 0.455. The predicted octanol–water partition coefficient (Wildman–Crippen LogP) is 2.51. The number of nitrogens with one attached hydrogen (secondary N) is 2. The normalized spacial score (nSPS) is 23.9. The summed E-state index contributed by atoms with van der Waals surface area (Å²) >= 11 is 6.27. The van der Waals surface area contributed by atoms with Crippen LogP contribution in [0.3, 0.4) is 0 Å². The monoisotopic (exact) mass is 426 g/mol. The van der Waals surface area contributed by atoms with Gasteiger partial charge in [0.15, 0.2) is 11.7 Å². The maximum atomic E-state index is 13.1. The van der Waals surface area contributed by atoms with Gasteiger partial charge in [0, 0.05) is 42.2 Å². The molecular weight excluding hydrogens is 400 g/mol. The Balaban J connectivity index is 1.51. The third-order valence-electron chi connectivity index (χ3n) is 6.49. The summed E-state index contributed by atoms with van der Waals surface area (Å²) in [5.74, 6) is -0.00638. The quantitative estimate of drug-likeness (QED) is 0.503. The molecule has 30 heavy (non-hydrogen) atoms. The standard InChI is InChI=1S/C22H27ClN6O/c1-26-13-22(14-3-2-4-15(23)11-14)8-5-16(6-9-22)29-10-7-18-17(21(29)30)12-27-20(28-18)19(24)25/h2-4,11-12,16,26H,5-10,13H2,1H3,(H3,24,25). The molecule has 0 saturated heterocycles. The SMILES string of the molecule is CNCC1(c2cccc(Cl)c2)CCC(N2CCc3nc(C(=N)N)ncc3C2=O)CC1. The van der Waals surface area contributed by atoms with Gasteiger partial charge in [0.1, 0.15) is 0 Å². The molecule has 1 aromatic heterocycles. The average molecular weight is 427 g/mol. The molecule has 8 heteroatoms. The number of benzene rings is 1. The summed E-state index contributed by atoms with van der Waals surface area (Å²) in [5, 5.41) is 11.6. The number of amides is 1. The first-order valence-corrected chi connectivity index (χ1v) is 10.7. The van der Waals surface area contributed by atoms with Gasteiger partial charge >= 0.3 is 0 Å². The minimum Gasteiger partial charge on any atom is -0.381 e. The summed E-state index contributed by atoms with van der Waals surface area (Å²) in [6, 6.07) is 8.37. The van der Waals surface area contributed by atoms with Crippen molar-refractivity contribution >= 4 is 23.3 Å². The van der Waals surface area contributed by atoms with E-state index >= 15 is 0 Å². The van der Waals surface area contributed by atoms with Crippen molar-refractivity contribution in [1.82, 2.24) is 20.2 Å². The molecule has 2 aromatic rings. The van der Waals surface area contributed by atoms with E-state index in [0.717, 1.165) is 37.3 Å². The van der Waals surface area contributed by atoms with E-state index in [1.165, 1.54) is 11.8 Å². The van der Waals surface area contributed by atoms with Crippen molar-refractivity contribution in [2.45, 2.75) is 43.6 Å². The van der Waals surface area contributed by atoms with Crippen LogP contribution >= 0.6 is 11.6 Å². The second kappa shape index (κ2) is 8.32. The first-order valence-electron chi connectivity index (χ1n) is 10.4. The van der Waals surface area contributed by atoms with Crippen molar-refractivity contribution in [3.8, 4) is 0 Å². The van der Waals surface area contributed by atoms with E-state index in [-0.39, 0.29) is 29.0 Å². The lowest BCUT2D eigenvalue weighted by atomic mass is 9.67. The van der Waals surface area contributed by atoms with E-state index in [0.29, 0.717) is 24.2 Å². The van der Waals surface area contributed by atoms with Crippen LogP contribution < -0.4 is 11.1 Å². The smallest absolute Gasteiger partial charge is 0.257 e. The summed E-state index contributed by atoms with van der Waals surface area (Å²) in [6.07, 6.45) is 6.07. The Morgan fingerprint density at radius 1 is 1.40 bits per heavy atom. The molecule has 4 rings (SSSR count). The maximum absolute atomic E-state index is 13.1. The minimum absolute atomic E-state index is 0.0137. The van der Waals surface area contributed by atoms with Gasteiger partial charge in [-0.25, -0.2) is 9.97 Å². The first kappa shape index (κ1) is 20.8. The topological polar surface area (TPSA) is 108 Å². The molecule has 2 heterocycles. The molecule has 1 fully saturated rings. The van der Waals surface area contributed by atoms with E-state index < -0.39 is 0 Å². The molecule has 0 unspecified atom stereocenters. The number of hydrogen-bond donors (Lipinski definition) is 3. The van der Waals surface area contributed by atoms with Gasteiger partial charge < -0.3 is 16.0 Å². The second-order valence-corrected chi connectivity index (χ2v) is 8.70. The lowest BCUT2D eigenvalue weighted by Crippen LogP contribution is -2.50. The Labute approximate surface area is 181 Å². The van der Waals surface area contributed by atoms with E-state index in [2.05, 4.69) is 27.4 Å². The van der Waals surface area contributed by atoms with E-state index in [1.54, 1.807) is 0 Å². The zero-order chi connectivity index (χ0) is 21.3. The van der Waals surface area contributed by atoms with Crippen molar-refractivity contribution in [2.75, 3.05) is 20.1 Å². The van der Waals surface area contributed by atoms with Gasteiger partial charge in [-0.3, -0.25) is 10.2 Å². The van der Waals surface area contributed by atoms with Gasteiger partial charge in [-0.05, 0) is 50.4 Å². The van der Waals surface area contributed by atoms with Crippen LogP contribution in [0.5, 0.6) is 0 Å².